The molecule has 0 spiro atoms. The molecule has 4 fully saturated rings. The lowest BCUT2D eigenvalue weighted by Crippen LogP contribution is -2.42. The quantitative estimate of drug-likeness (QED) is 0.900. The van der Waals surface area contributed by atoms with Gasteiger partial charge in [-0.05, 0) is 62.2 Å². The minimum atomic E-state index is 0.0609. The van der Waals surface area contributed by atoms with Gasteiger partial charge < -0.3 is 15.0 Å². The summed E-state index contributed by atoms with van der Waals surface area (Å²) in [6, 6.07) is 0.348. The third-order valence-electron chi connectivity index (χ3n) is 7.33. The number of carbonyl (C=O) groups is 1. The molecule has 6 nitrogen and oxygen atoms in total. The second kappa shape index (κ2) is 6.55. The fourth-order valence-corrected chi connectivity index (χ4v) is 6.26. The second-order valence-corrected chi connectivity index (χ2v) is 8.86. The number of amides is 1. The Kier molecular flexibility index (Phi) is 4.18. The Bertz CT molecular complexity index is 681. The van der Waals surface area contributed by atoms with E-state index >= 15 is 0 Å². The van der Waals surface area contributed by atoms with E-state index in [1.54, 1.807) is 6.20 Å². The highest BCUT2D eigenvalue weighted by Gasteiger charge is 2.46. The molecule has 1 N–H and O–H groups in total. The van der Waals surface area contributed by atoms with Crippen LogP contribution in [0.2, 0.25) is 0 Å². The van der Waals surface area contributed by atoms with E-state index in [9.17, 15) is 4.79 Å². The number of anilines is 1. The molecule has 3 bridgehead atoms. The smallest absolute Gasteiger partial charge is 0.256 e. The van der Waals surface area contributed by atoms with Crippen molar-refractivity contribution in [2.45, 2.75) is 44.6 Å². The Hall–Kier alpha value is -1.56. The van der Waals surface area contributed by atoms with Crippen LogP contribution in [0.1, 0.15) is 48.9 Å². The van der Waals surface area contributed by atoms with E-state index in [1.807, 2.05) is 11.7 Å². The van der Waals surface area contributed by atoms with Crippen molar-refractivity contribution in [1.29, 1.82) is 0 Å². The third kappa shape index (κ3) is 2.82. The average molecular weight is 358 g/mol. The van der Waals surface area contributed by atoms with Gasteiger partial charge in [-0.15, -0.1) is 0 Å². The molecule has 5 atom stereocenters. The minimum absolute atomic E-state index is 0.0609. The van der Waals surface area contributed by atoms with Crippen molar-refractivity contribution in [3.8, 4) is 0 Å². The molecule has 5 unspecified atom stereocenters. The highest BCUT2D eigenvalue weighted by molar-refractivity contribution is 5.99. The normalized spacial score (nSPS) is 36.2. The van der Waals surface area contributed by atoms with Crippen LogP contribution in [0.15, 0.2) is 6.20 Å². The van der Waals surface area contributed by atoms with E-state index in [0.29, 0.717) is 25.2 Å². The first-order chi connectivity index (χ1) is 12.7. The van der Waals surface area contributed by atoms with Gasteiger partial charge in [-0.2, -0.15) is 5.10 Å². The summed E-state index contributed by atoms with van der Waals surface area (Å²) in [6.45, 7) is 3.05. The number of hydrogen-bond acceptors (Lipinski definition) is 4. The average Bonchev–Trinajstić information content (AvgIpc) is 3.15. The second-order valence-electron chi connectivity index (χ2n) is 8.86. The molecule has 3 aliphatic carbocycles. The van der Waals surface area contributed by atoms with Gasteiger partial charge in [0.1, 0.15) is 11.4 Å². The number of carbonyl (C=O) groups excluding carboxylic acids is 1. The third-order valence-corrected chi connectivity index (χ3v) is 7.33. The first-order valence-electron chi connectivity index (χ1n) is 10.3. The predicted octanol–water partition coefficient (Wildman–Crippen LogP) is 2.20. The minimum Gasteiger partial charge on any atom is -0.378 e. The molecule has 26 heavy (non-hydrogen) atoms. The van der Waals surface area contributed by atoms with Crippen molar-refractivity contribution in [2.24, 2.45) is 30.7 Å². The Morgan fingerprint density at radius 3 is 2.81 bits per heavy atom. The predicted molar refractivity (Wildman–Crippen MR) is 99.2 cm³/mol. The van der Waals surface area contributed by atoms with Gasteiger partial charge in [0.2, 0.25) is 0 Å². The summed E-state index contributed by atoms with van der Waals surface area (Å²) in [5.74, 6) is 4.37. The number of rotatable bonds is 3. The molecule has 0 radical (unpaired) electrons. The molecule has 1 aromatic rings. The van der Waals surface area contributed by atoms with Gasteiger partial charge in [-0.25, -0.2) is 0 Å². The molecule has 0 aromatic carbocycles. The summed E-state index contributed by atoms with van der Waals surface area (Å²) < 4.78 is 7.30. The lowest BCUT2D eigenvalue weighted by Gasteiger charge is -2.30. The van der Waals surface area contributed by atoms with Crippen LogP contribution in [-0.4, -0.2) is 48.0 Å². The van der Waals surface area contributed by atoms with E-state index in [-0.39, 0.29) is 5.91 Å². The van der Waals surface area contributed by atoms with E-state index in [1.165, 1.54) is 32.1 Å². The van der Waals surface area contributed by atoms with Gasteiger partial charge in [0.15, 0.2) is 0 Å². The van der Waals surface area contributed by atoms with Crippen molar-refractivity contribution < 1.29 is 9.53 Å². The van der Waals surface area contributed by atoms with Gasteiger partial charge >= 0.3 is 0 Å². The Balaban J connectivity index is 1.34. The van der Waals surface area contributed by atoms with Gasteiger partial charge in [0, 0.05) is 26.2 Å². The number of nitrogens with zero attached hydrogens (tertiary/aromatic N) is 3. The molecular formula is C20H30N4O2. The Morgan fingerprint density at radius 1 is 1.15 bits per heavy atom. The number of nitrogens with one attached hydrogen (secondary N) is 1. The maximum Gasteiger partial charge on any atom is 0.256 e. The van der Waals surface area contributed by atoms with Crippen molar-refractivity contribution in [3.63, 3.8) is 0 Å². The maximum atomic E-state index is 13.2. The van der Waals surface area contributed by atoms with Crippen LogP contribution in [-0.2, 0) is 11.8 Å². The van der Waals surface area contributed by atoms with Gasteiger partial charge in [0.25, 0.3) is 5.91 Å². The first kappa shape index (κ1) is 16.6. The number of aromatic nitrogens is 2. The fraction of sp³-hybridized carbons (Fsp3) is 0.800. The largest absolute Gasteiger partial charge is 0.378 e. The number of morpholine rings is 1. The van der Waals surface area contributed by atoms with Crippen LogP contribution in [0.25, 0.3) is 0 Å². The van der Waals surface area contributed by atoms with Crippen LogP contribution in [0, 0.1) is 23.7 Å². The standard InChI is InChI=1S/C20H30N4O2/c1-23-20(24-4-6-26-7-5-24)17(12-21-23)19(25)22-18-3-2-13-8-14-10-15(9-13)16(18)11-14/h12-16,18H,2-11H2,1H3,(H,22,25). The maximum absolute atomic E-state index is 13.2. The summed E-state index contributed by atoms with van der Waals surface area (Å²) in [5, 5.41) is 7.81. The summed E-state index contributed by atoms with van der Waals surface area (Å²) in [7, 11) is 1.92. The van der Waals surface area contributed by atoms with Crippen LogP contribution in [0.5, 0.6) is 0 Å². The Morgan fingerprint density at radius 2 is 1.96 bits per heavy atom. The topological polar surface area (TPSA) is 59.4 Å². The van der Waals surface area contributed by atoms with Crippen molar-refractivity contribution in [2.75, 3.05) is 31.2 Å². The molecule has 2 heterocycles. The highest BCUT2D eigenvalue weighted by Crippen LogP contribution is 2.53. The van der Waals surface area contributed by atoms with E-state index < -0.39 is 0 Å². The van der Waals surface area contributed by atoms with Crippen LogP contribution in [0.3, 0.4) is 0 Å². The molecule has 6 heteroatoms. The van der Waals surface area contributed by atoms with Crippen molar-refractivity contribution in [3.05, 3.63) is 11.8 Å². The van der Waals surface area contributed by atoms with Crippen LogP contribution < -0.4 is 10.2 Å². The summed E-state index contributed by atoms with van der Waals surface area (Å²) in [6.07, 6.45) is 9.75. The molecular weight excluding hydrogens is 328 g/mol. The lowest BCUT2D eigenvalue weighted by molar-refractivity contribution is 0.0911. The number of aryl methyl sites for hydroxylation is 1. The van der Waals surface area contributed by atoms with E-state index in [4.69, 9.17) is 4.74 Å². The molecule has 1 aromatic heterocycles. The molecule has 5 rings (SSSR count). The van der Waals surface area contributed by atoms with Crippen molar-refractivity contribution >= 4 is 11.7 Å². The number of ether oxygens (including phenoxy) is 1. The van der Waals surface area contributed by atoms with Crippen molar-refractivity contribution in [1.82, 2.24) is 15.1 Å². The molecule has 4 aliphatic rings. The fourth-order valence-electron chi connectivity index (χ4n) is 6.26. The number of fused-ring (bicyclic) bond motifs is 2. The molecule has 1 amide bonds. The van der Waals surface area contributed by atoms with Gasteiger partial charge in [0.05, 0.1) is 19.4 Å². The Labute approximate surface area is 155 Å². The van der Waals surface area contributed by atoms with Gasteiger partial charge in [-0.1, -0.05) is 0 Å². The zero-order chi connectivity index (χ0) is 17.7. The SMILES string of the molecule is Cn1ncc(C(=O)NC2CCC3CC4CC(C3)C2C4)c1N1CCOCC1. The molecule has 142 valence electrons. The number of hydrogen-bond donors (Lipinski definition) is 1. The lowest BCUT2D eigenvalue weighted by atomic mass is 9.80. The molecule has 1 aliphatic heterocycles. The summed E-state index contributed by atoms with van der Waals surface area (Å²) in [5.41, 5.74) is 0.721. The van der Waals surface area contributed by atoms with E-state index in [0.717, 1.165) is 48.6 Å². The zero-order valence-corrected chi connectivity index (χ0v) is 15.7. The van der Waals surface area contributed by atoms with E-state index in [2.05, 4.69) is 15.3 Å². The summed E-state index contributed by atoms with van der Waals surface area (Å²) >= 11 is 0. The van der Waals surface area contributed by atoms with Crippen LogP contribution >= 0.6 is 0 Å². The molecule has 3 saturated carbocycles. The summed E-state index contributed by atoms with van der Waals surface area (Å²) in [4.78, 5) is 15.4. The van der Waals surface area contributed by atoms with Gasteiger partial charge in [-0.3, -0.25) is 9.48 Å². The highest BCUT2D eigenvalue weighted by atomic mass is 16.5. The molecule has 1 saturated heterocycles. The van der Waals surface area contributed by atoms with Crippen LogP contribution in [0.4, 0.5) is 5.82 Å². The monoisotopic (exact) mass is 358 g/mol. The zero-order valence-electron chi connectivity index (χ0n) is 15.7. The first-order valence-corrected chi connectivity index (χ1v) is 10.3.